The van der Waals surface area contributed by atoms with Gasteiger partial charge in [-0.2, -0.15) is 0 Å². The zero-order valence-corrected chi connectivity index (χ0v) is 18.1. The monoisotopic (exact) mass is 452 g/mol. The number of carbonyl (C=O) groups is 1. The molecule has 27 heavy (non-hydrogen) atoms. The number of halogens is 1. The van der Waals surface area contributed by atoms with Gasteiger partial charge in [-0.25, -0.2) is 0 Å². The summed E-state index contributed by atoms with van der Waals surface area (Å²) in [4.78, 5) is 14.7. The summed E-state index contributed by atoms with van der Waals surface area (Å²) in [5, 5.41) is 3.60. The molecule has 1 aliphatic carbocycles. The van der Waals surface area contributed by atoms with Crippen LogP contribution >= 0.6 is 28.1 Å². The Labute approximate surface area is 174 Å². The van der Waals surface area contributed by atoms with Gasteiger partial charge in [-0.3, -0.25) is 9.69 Å². The molecule has 2 fully saturated rings. The third kappa shape index (κ3) is 4.46. The number of hydrogen-bond donors (Lipinski definition) is 1. The van der Waals surface area contributed by atoms with Gasteiger partial charge in [0.2, 0.25) is 0 Å². The van der Waals surface area contributed by atoms with Crippen LogP contribution in [0.25, 0.3) is 6.08 Å². The second-order valence-electron chi connectivity index (χ2n) is 6.64. The molecule has 7 heteroatoms. The SMILES string of the molecule is CCOc1cc(Br)c(/C=C2/NC(=S)N(C3CCCCC3)C2=O)cc1OCC. The fraction of sp³-hybridized carbons (Fsp3) is 0.500. The van der Waals surface area contributed by atoms with Crippen LogP contribution in [0.4, 0.5) is 0 Å². The highest BCUT2D eigenvalue weighted by Gasteiger charge is 2.36. The Balaban J connectivity index is 1.88. The highest BCUT2D eigenvalue weighted by atomic mass is 79.9. The van der Waals surface area contributed by atoms with Gasteiger partial charge < -0.3 is 14.8 Å². The summed E-state index contributed by atoms with van der Waals surface area (Å²) in [6.07, 6.45) is 7.39. The number of rotatable bonds is 6. The highest BCUT2D eigenvalue weighted by molar-refractivity contribution is 9.10. The normalized spacial score (nSPS) is 19.5. The van der Waals surface area contributed by atoms with Crippen LogP contribution in [-0.2, 0) is 4.79 Å². The van der Waals surface area contributed by atoms with Gasteiger partial charge in [-0.05, 0) is 62.7 Å². The van der Waals surface area contributed by atoms with Gasteiger partial charge in [0.15, 0.2) is 16.6 Å². The van der Waals surface area contributed by atoms with Crippen molar-refractivity contribution in [1.82, 2.24) is 10.2 Å². The molecule has 3 rings (SSSR count). The fourth-order valence-corrected chi connectivity index (χ4v) is 4.35. The lowest BCUT2D eigenvalue weighted by atomic mass is 9.94. The van der Waals surface area contributed by atoms with Crippen molar-refractivity contribution in [2.75, 3.05) is 13.2 Å². The van der Waals surface area contributed by atoms with E-state index in [0.29, 0.717) is 35.5 Å². The van der Waals surface area contributed by atoms with E-state index in [9.17, 15) is 4.79 Å². The summed E-state index contributed by atoms with van der Waals surface area (Å²) in [6, 6.07) is 3.96. The van der Waals surface area contributed by atoms with Crippen molar-refractivity contribution < 1.29 is 14.3 Å². The molecule has 0 bridgehead atoms. The third-order valence-electron chi connectivity index (χ3n) is 4.81. The fourth-order valence-electron chi connectivity index (χ4n) is 3.57. The van der Waals surface area contributed by atoms with Crippen LogP contribution in [0, 0.1) is 0 Å². The smallest absolute Gasteiger partial charge is 0.276 e. The first-order valence-electron chi connectivity index (χ1n) is 9.50. The molecular weight excluding hydrogens is 428 g/mol. The van der Waals surface area contributed by atoms with E-state index in [0.717, 1.165) is 35.7 Å². The minimum absolute atomic E-state index is 0.0503. The van der Waals surface area contributed by atoms with E-state index in [1.807, 2.05) is 32.1 Å². The molecule has 1 aliphatic heterocycles. The van der Waals surface area contributed by atoms with Crippen LogP contribution in [0.2, 0.25) is 0 Å². The first-order chi connectivity index (χ1) is 13.0. The summed E-state index contributed by atoms with van der Waals surface area (Å²) in [5.74, 6) is 1.29. The summed E-state index contributed by atoms with van der Waals surface area (Å²) in [6.45, 7) is 4.95. The molecule has 1 N–H and O–H groups in total. The number of carbonyl (C=O) groups excluding carboxylic acids is 1. The van der Waals surface area contributed by atoms with Gasteiger partial charge in [0, 0.05) is 10.5 Å². The van der Waals surface area contributed by atoms with Crippen molar-refractivity contribution >= 4 is 45.2 Å². The number of benzene rings is 1. The van der Waals surface area contributed by atoms with E-state index in [1.165, 1.54) is 6.42 Å². The average Bonchev–Trinajstić information content (AvgIpc) is 2.93. The van der Waals surface area contributed by atoms with Crippen LogP contribution in [-0.4, -0.2) is 35.2 Å². The molecule has 1 saturated carbocycles. The first-order valence-corrected chi connectivity index (χ1v) is 10.7. The van der Waals surface area contributed by atoms with Crippen molar-refractivity contribution in [3.05, 3.63) is 27.9 Å². The number of ether oxygens (including phenoxy) is 2. The third-order valence-corrected chi connectivity index (χ3v) is 5.80. The molecule has 0 spiro atoms. The quantitative estimate of drug-likeness (QED) is 0.503. The Kier molecular flexibility index (Phi) is 6.76. The predicted molar refractivity (Wildman–Crippen MR) is 114 cm³/mol. The van der Waals surface area contributed by atoms with E-state index in [4.69, 9.17) is 21.7 Å². The van der Waals surface area contributed by atoms with Crippen molar-refractivity contribution in [3.8, 4) is 11.5 Å². The Morgan fingerprint density at radius 1 is 1.19 bits per heavy atom. The lowest BCUT2D eigenvalue weighted by Gasteiger charge is -2.29. The van der Waals surface area contributed by atoms with E-state index in [-0.39, 0.29) is 11.9 Å². The van der Waals surface area contributed by atoms with Gasteiger partial charge in [0.25, 0.3) is 5.91 Å². The van der Waals surface area contributed by atoms with Gasteiger partial charge in [0.1, 0.15) is 5.70 Å². The second kappa shape index (κ2) is 9.06. The Morgan fingerprint density at radius 3 is 2.44 bits per heavy atom. The number of nitrogens with zero attached hydrogens (tertiary/aromatic N) is 1. The number of thiocarbonyl (C=S) groups is 1. The topological polar surface area (TPSA) is 50.8 Å². The molecular formula is C20H25BrN2O3S. The lowest BCUT2D eigenvalue weighted by Crippen LogP contribution is -2.41. The van der Waals surface area contributed by atoms with E-state index in [1.54, 1.807) is 4.90 Å². The van der Waals surface area contributed by atoms with Gasteiger partial charge >= 0.3 is 0 Å². The van der Waals surface area contributed by atoms with E-state index >= 15 is 0 Å². The largest absolute Gasteiger partial charge is 0.490 e. The molecule has 2 aliphatic rings. The van der Waals surface area contributed by atoms with Crippen LogP contribution in [0.15, 0.2) is 22.3 Å². The summed E-state index contributed by atoms with van der Waals surface area (Å²) in [5.41, 5.74) is 1.34. The van der Waals surface area contributed by atoms with Crippen molar-refractivity contribution in [1.29, 1.82) is 0 Å². The minimum atomic E-state index is -0.0503. The number of nitrogens with one attached hydrogen (secondary N) is 1. The standard InChI is InChI=1S/C20H25BrN2O3S/c1-3-25-17-11-13(15(21)12-18(17)26-4-2)10-16-19(24)23(20(27)22-16)14-8-6-5-7-9-14/h10-12,14H,3-9H2,1-2H3,(H,22,27)/b16-10+. The molecule has 5 nitrogen and oxygen atoms in total. The maximum absolute atomic E-state index is 12.9. The second-order valence-corrected chi connectivity index (χ2v) is 7.88. The Morgan fingerprint density at radius 2 is 1.81 bits per heavy atom. The van der Waals surface area contributed by atoms with Crippen LogP contribution in [0.5, 0.6) is 11.5 Å². The highest BCUT2D eigenvalue weighted by Crippen LogP contribution is 2.35. The molecule has 1 saturated heterocycles. The maximum atomic E-state index is 12.9. The first kappa shape index (κ1) is 20.1. The number of amides is 1. The van der Waals surface area contributed by atoms with E-state index < -0.39 is 0 Å². The van der Waals surface area contributed by atoms with Crippen molar-refractivity contribution in [2.45, 2.75) is 52.0 Å². The Bertz CT molecular complexity index is 760. The molecule has 0 atom stereocenters. The average molecular weight is 453 g/mol. The molecule has 146 valence electrons. The van der Waals surface area contributed by atoms with Crippen molar-refractivity contribution in [3.63, 3.8) is 0 Å². The predicted octanol–water partition coefficient (Wildman–Crippen LogP) is 4.64. The van der Waals surface area contributed by atoms with Gasteiger partial charge in [0.05, 0.1) is 13.2 Å². The van der Waals surface area contributed by atoms with Gasteiger partial charge in [-0.1, -0.05) is 35.2 Å². The number of hydrogen-bond acceptors (Lipinski definition) is 4. The lowest BCUT2D eigenvalue weighted by molar-refractivity contribution is -0.124. The minimum Gasteiger partial charge on any atom is -0.490 e. The van der Waals surface area contributed by atoms with Crippen LogP contribution in [0.3, 0.4) is 0 Å². The molecule has 1 aromatic rings. The summed E-state index contributed by atoms with van der Waals surface area (Å²) in [7, 11) is 0. The maximum Gasteiger partial charge on any atom is 0.276 e. The molecule has 1 aromatic carbocycles. The molecule has 0 aromatic heterocycles. The van der Waals surface area contributed by atoms with Crippen LogP contribution < -0.4 is 14.8 Å². The van der Waals surface area contributed by atoms with Gasteiger partial charge in [-0.15, -0.1) is 0 Å². The van der Waals surface area contributed by atoms with Crippen molar-refractivity contribution in [2.24, 2.45) is 0 Å². The summed E-state index contributed by atoms with van der Waals surface area (Å²) < 4.78 is 12.2. The Hall–Kier alpha value is -1.60. The molecule has 1 amide bonds. The molecule has 0 unspecified atom stereocenters. The zero-order valence-electron chi connectivity index (χ0n) is 15.7. The zero-order chi connectivity index (χ0) is 19.4. The molecule has 1 heterocycles. The summed E-state index contributed by atoms with van der Waals surface area (Å²) >= 11 is 9.01. The van der Waals surface area contributed by atoms with Crippen LogP contribution in [0.1, 0.15) is 51.5 Å². The van der Waals surface area contributed by atoms with E-state index in [2.05, 4.69) is 21.2 Å². The molecule has 0 radical (unpaired) electrons.